The number of carbonyl (C=O) groups excluding carboxylic acids is 6. The van der Waals surface area contributed by atoms with Gasteiger partial charge < -0.3 is 51.2 Å². The Morgan fingerprint density at radius 3 is 1.79 bits per heavy atom. The first kappa shape index (κ1) is 74.9. The molecule has 1 aromatic rings. The van der Waals surface area contributed by atoms with Crippen molar-refractivity contribution in [3.8, 4) is 12.8 Å². The Morgan fingerprint density at radius 2 is 1.41 bits per heavy atom. The molecule has 0 aromatic heterocycles. The maximum absolute atomic E-state index is 13.0. The SMILES string of the molecule is C#C.CC(C)C(C)N(C)C.CCC.CCCC.CC[C@H](C)C([C@@H](CC)OC)N(C)C(=O)CNC=O.CO[C@H]([C@@H](C)C(=O)N[C@H](CN)Cc1ccc(NC(=O)CNC(=O)C(NF)C(C)C)cc1)[C@@H]1CCCN1C=O. The van der Waals surface area contributed by atoms with Gasteiger partial charge in [-0.2, -0.15) is 0 Å². The van der Waals surface area contributed by atoms with Gasteiger partial charge in [-0.3, -0.25) is 28.8 Å². The molecule has 7 N–H and O–H groups in total. The van der Waals surface area contributed by atoms with Gasteiger partial charge in [-0.1, -0.05) is 121 Å². The summed E-state index contributed by atoms with van der Waals surface area (Å²) in [7, 11) is 9.22. The number of hydrogen-bond donors (Lipinski definition) is 6. The van der Waals surface area contributed by atoms with Crippen LogP contribution in [0, 0.1) is 36.5 Å². The van der Waals surface area contributed by atoms with Crippen LogP contribution >= 0.6 is 0 Å². The van der Waals surface area contributed by atoms with E-state index in [1.54, 1.807) is 64.0 Å². The van der Waals surface area contributed by atoms with E-state index in [1.807, 2.05) is 19.1 Å². The molecule has 6 amide bonds. The molecule has 0 spiro atoms. The fourth-order valence-corrected chi connectivity index (χ4v) is 7.44. The number of anilines is 1. The molecule has 9 atom stereocenters. The lowest BCUT2D eigenvalue weighted by molar-refractivity contribution is -0.136. The summed E-state index contributed by atoms with van der Waals surface area (Å²) < 4.78 is 23.9. The molecule has 73 heavy (non-hydrogen) atoms. The van der Waals surface area contributed by atoms with Gasteiger partial charge in [-0.05, 0) is 82.2 Å². The lowest BCUT2D eigenvalue weighted by Gasteiger charge is -2.37. The molecule has 1 aliphatic heterocycles. The second-order valence-electron chi connectivity index (χ2n) is 19.2. The first-order valence-electron chi connectivity index (χ1n) is 26.3. The second kappa shape index (κ2) is 45.9. The summed E-state index contributed by atoms with van der Waals surface area (Å²) >= 11 is 0. The zero-order valence-corrected chi connectivity index (χ0v) is 48.5. The maximum atomic E-state index is 13.0. The average Bonchev–Trinajstić information content (AvgIpc) is 3.86. The van der Waals surface area contributed by atoms with E-state index in [-0.39, 0.29) is 61.6 Å². The minimum atomic E-state index is -1.03. The first-order valence-corrected chi connectivity index (χ1v) is 26.3. The number of carbonyl (C=O) groups is 6. The molecular formula is C55H104FN9O8. The van der Waals surface area contributed by atoms with E-state index in [4.69, 9.17) is 15.2 Å². The third-order valence-corrected chi connectivity index (χ3v) is 12.6. The van der Waals surface area contributed by atoms with E-state index in [2.05, 4.69) is 115 Å². The molecule has 0 saturated carbocycles. The summed E-state index contributed by atoms with van der Waals surface area (Å²) in [6.07, 6.45) is 16.8. The molecule has 1 saturated heterocycles. The van der Waals surface area contributed by atoms with Gasteiger partial charge >= 0.3 is 0 Å². The number of nitrogens with two attached hydrogens (primary N) is 1. The highest BCUT2D eigenvalue weighted by Crippen LogP contribution is 2.25. The highest BCUT2D eigenvalue weighted by molar-refractivity contribution is 5.95. The quantitative estimate of drug-likeness (QED) is 0.0314. The standard InChI is InChI=1S/C26H41FN6O5.C13H26N2O3.C7H17N.C4H10.C3H8.C2H2/c1-16(2)23(32-27)26(37)29-14-22(35)30-19-9-7-18(8-10-19)12-20(13-28)31-25(36)17(3)24(38-4)21-6-5-11-33(21)15-34;1-6-10(3)13(11(7-2)18-5)15(4)12(17)8-14-9-16;1-6(2)7(3)8(4)5;1-3-4-2;1-3-2;1-2/h7-10,15-17,20-21,23-24,32H,5-6,11-14,28H2,1-4H3,(H,29,37)(H,30,35)(H,31,36);9-11,13H,6-8H2,1-5H3,(H,14,16);6-7H,1-5H3;3-4H2,1-2H3;3H2,1-2H3;1-2H/t17-,20+,21+,23?,24-;10-,11+,13?;;;;/m10..../s1. The molecule has 18 heteroatoms. The molecule has 2 rings (SSSR count). The van der Waals surface area contributed by atoms with Crippen molar-refractivity contribution in [2.75, 3.05) is 66.9 Å². The highest BCUT2D eigenvalue weighted by atomic mass is 19.2. The van der Waals surface area contributed by atoms with Gasteiger partial charge in [0.25, 0.3) is 0 Å². The number of ether oxygens (including phenoxy) is 2. The summed E-state index contributed by atoms with van der Waals surface area (Å²) in [6.45, 7) is 27.4. The third-order valence-electron chi connectivity index (χ3n) is 12.6. The fourth-order valence-electron chi connectivity index (χ4n) is 7.44. The van der Waals surface area contributed by atoms with Crippen LogP contribution < -0.4 is 32.5 Å². The molecule has 1 fully saturated rings. The number of unbranched alkanes of at least 4 members (excludes halogenated alkanes) is 1. The van der Waals surface area contributed by atoms with E-state index in [0.717, 1.165) is 43.6 Å². The van der Waals surface area contributed by atoms with Gasteiger partial charge in [-0.25, -0.2) is 0 Å². The third kappa shape index (κ3) is 31.6. The Bertz CT molecular complexity index is 1590. The van der Waals surface area contributed by atoms with Crippen molar-refractivity contribution >= 4 is 42.1 Å². The Hall–Kier alpha value is -4.67. The van der Waals surface area contributed by atoms with Crippen LogP contribution in [0.15, 0.2) is 24.3 Å². The zero-order valence-electron chi connectivity index (χ0n) is 48.5. The number of likely N-dealkylation sites (tertiary alicyclic amines) is 1. The van der Waals surface area contributed by atoms with Crippen molar-refractivity contribution < 1.29 is 42.7 Å². The molecular weight excluding hydrogens is 934 g/mol. The summed E-state index contributed by atoms with van der Waals surface area (Å²) in [6, 6.07) is 6.30. The number of likely N-dealkylation sites (N-methyl/N-ethyl adjacent to an activating group) is 1. The Kier molecular flexibility index (Phi) is 47.1. The molecule has 3 unspecified atom stereocenters. The number of nitrogens with one attached hydrogen (secondary N) is 5. The van der Waals surface area contributed by atoms with E-state index < -0.39 is 29.9 Å². The summed E-state index contributed by atoms with van der Waals surface area (Å²) in [5, 5.41) is 10.5. The molecule has 17 nitrogen and oxygen atoms in total. The monoisotopic (exact) mass is 1040 g/mol. The first-order chi connectivity index (χ1) is 34.5. The van der Waals surface area contributed by atoms with Crippen LogP contribution in [-0.4, -0.2) is 155 Å². The van der Waals surface area contributed by atoms with E-state index in [9.17, 15) is 33.2 Å². The molecule has 1 heterocycles. The fraction of sp³-hybridized carbons (Fsp3) is 0.745. The van der Waals surface area contributed by atoms with Crippen molar-refractivity contribution in [3.05, 3.63) is 29.8 Å². The lowest BCUT2D eigenvalue weighted by Crippen LogP contribution is -2.51. The molecule has 0 bridgehead atoms. The number of terminal acetylenes is 1. The number of hydrogen-bond acceptors (Lipinski definition) is 11. The van der Waals surface area contributed by atoms with Crippen molar-refractivity contribution in [2.45, 2.75) is 184 Å². The lowest BCUT2D eigenvalue weighted by atomic mass is 9.91. The van der Waals surface area contributed by atoms with Crippen molar-refractivity contribution in [2.24, 2.45) is 29.4 Å². The molecule has 0 radical (unpaired) electrons. The number of methoxy groups -OCH3 is 2. The average molecular weight is 1040 g/mol. The molecule has 1 aromatic carbocycles. The van der Waals surface area contributed by atoms with Crippen molar-refractivity contribution in [3.63, 3.8) is 0 Å². The van der Waals surface area contributed by atoms with Crippen LogP contribution in [0.3, 0.4) is 0 Å². The zero-order chi connectivity index (χ0) is 57.2. The van der Waals surface area contributed by atoms with Crippen LogP contribution in [0.5, 0.6) is 0 Å². The maximum Gasteiger partial charge on any atom is 0.243 e. The smallest absolute Gasteiger partial charge is 0.243 e. The number of halogens is 1. The van der Waals surface area contributed by atoms with Gasteiger partial charge in [0.15, 0.2) is 0 Å². The summed E-state index contributed by atoms with van der Waals surface area (Å²) in [5.74, 6) is -0.974. The number of amides is 6. The van der Waals surface area contributed by atoms with Gasteiger partial charge in [0.2, 0.25) is 36.4 Å². The van der Waals surface area contributed by atoms with Crippen LogP contribution in [-0.2, 0) is 44.7 Å². The number of benzene rings is 1. The topological polar surface area (TPSA) is 217 Å². The molecule has 0 aliphatic carbocycles. The predicted octanol–water partition coefficient (Wildman–Crippen LogP) is 6.59. The van der Waals surface area contributed by atoms with Crippen LogP contribution in [0.4, 0.5) is 10.2 Å². The van der Waals surface area contributed by atoms with Gasteiger partial charge in [0, 0.05) is 52.1 Å². The van der Waals surface area contributed by atoms with Crippen molar-refractivity contribution in [1.29, 1.82) is 0 Å². The Balaban J connectivity index is -0.000000558. The largest absolute Gasteiger partial charge is 0.379 e. The highest BCUT2D eigenvalue weighted by Gasteiger charge is 2.38. The van der Waals surface area contributed by atoms with Crippen molar-refractivity contribution in [1.82, 2.24) is 36.2 Å². The normalized spacial score (nSPS) is 15.8. The minimum absolute atomic E-state index is 0.0186. The number of rotatable bonds is 27. The van der Waals surface area contributed by atoms with E-state index >= 15 is 0 Å². The van der Waals surface area contributed by atoms with Crippen LogP contribution in [0.1, 0.15) is 141 Å². The summed E-state index contributed by atoms with van der Waals surface area (Å²) in [4.78, 5) is 76.3. The number of nitrogens with zero attached hydrogens (tertiary/aromatic N) is 3. The Labute approximate surface area is 442 Å². The minimum Gasteiger partial charge on any atom is -0.379 e. The van der Waals surface area contributed by atoms with E-state index in [0.29, 0.717) is 37.0 Å². The second-order valence-corrected chi connectivity index (χ2v) is 19.2. The summed E-state index contributed by atoms with van der Waals surface area (Å²) in [5.41, 5.74) is 8.80. The molecule has 424 valence electrons. The van der Waals surface area contributed by atoms with Crippen LogP contribution in [0.25, 0.3) is 0 Å². The van der Waals surface area contributed by atoms with Gasteiger partial charge in [0.05, 0.1) is 43.3 Å². The van der Waals surface area contributed by atoms with Crippen LogP contribution in [0.2, 0.25) is 0 Å². The predicted molar refractivity (Wildman–Crippen MR) is 297 cm³/mol. The van der Waals surface area contributed by atoms with E-state index in [1.165, 1.54) is 24.8 Å². The van der Waals surface area contributed by atoms with Gasteiger partial charge in [0.1, 0.15) is 6.04 Å². The van der Waals surface area contributed by atoms with Gasteiger partial charge in [-0.15, -0.1) is 22.9 Å². The molecule has 1 aliphatic rings. The Morgan fingerprint density at radius 1 is 0.849 bits per heavy atom.